The molecule has 3 aromatic rings. The van der Waals surface area contributed by atoms with Crippen LogP contribution in [-0.2, 0) is 24.2 Å². The summed E-state index contributed by atoms with van der Waals surface area (Å²) in [6, 6.07) is 11.9. The van der Waals surface area contributed by atoms with Gasteiger partial charge in [0.25, 0.3) is 0 Å². The molecule has 1 aliphatic rings. The Balaban J connectivity index is 1.42. The van der Waals surface area contributed by atoms with E-state index in [0.29, 0.717) is 17.1 Å². The van der Waals surface area contributed by atoms with Gasteiger partial charge in [-0.05, 0) is 57.4 Å². The molecule has 0 spiro atoms. The number of anilines is 1. The summed E-state index contributed by atoms with van der Waals surface area (Å²) in [7, 11) is 1.93. The van der Waals surface area contributed by atoms with Gasteiger partial charge in [0.2, 0.25) is 5.91 Å². The molecular weight excluding hydrogens is 406 g/mol. The van der Waals surface area contributed by atoms with E-state index < -0.39 is 0 Å². The number of likely N-dealkylation sites (N-methyl/N-ethyl adjacent to an activating group) is 1. The standard InChI is InChI=1S/C24H27N5OS/c1-17(28(2)15-18-14-26-29(16-18)19-9-5-3-6-10-19)23(30)27-24-21(13-25)20-11-7-4-8-12-22(20)31-24/h3,5-6,9-10,14,16-17H,4,7-8,11-12,15H2,1-2H3,(H,27,30). The van der Waals surface area contributed by atoms with Crippen molar-refractivity contribution < 1.29 is 4.79 Å². The Hall–Kier alpha value is -2.95. The molecule has 0 saturated heterocycles. The van der Waals surface area contributed by atoms with Crippen LogP contribution in [0.15, 0.2) is 42.7 Å². The molecule has 160 valence electrons. The summed E-state index contributed by atoms with van der Waals surface area (Å²) in [5, 5.41) is 17.9. The Morgan fingerprint density at radius 2 is 2.06 bits per heavy atom. The summed E-state index contributed by atoms with van der Waals surface area (Å²) >= 11 is 1.58. The summed E-state index contributed by atoms with van der Waals surface area (Å²) in [6.07, 6.45) is 9.23. The van der Waals surface area contributed by atoms with E-state index in [1.165, 1.54) is 11.3 Å². The third-order valence-electron chi connectivity index (χ3n) is 5.90. The van der Waals surface area contributed by atoms with Gasteiger partial charge in [-0.25, -0.2) is 4.68 Å². The molecule has 1 N–H and O–H groups in total. The van der Waals surface area contributed by atoms with Crippen LogP contribution in [0.25, 0.3) is 5.69 Å². The van der Waals surface area contributed by atoms with Crippen molar-refractivity contribution in [3.63, 3.8) is 0 Å². The highest BCUT2D eigenvalue weighted by Gasteiger charge is 2.24. The first-order valence-electron chi connectivity index (χ1n) is 10.7. The van der Waals surface area contributed by atoms with Crippen LogP contribution in [-0.4, -0.2) is 33.7 Å². The van der Waals surface area contributed by atoms with Crippen LogP contribution in [0, 0.1) is 11.3 Å². The van der Waals surface area contributed by atoms with Crippen molar-refractivity contribution in [2.24, 2.45) is 0 Å². The number of benzene rings is 1. The molecule has 0 saturated carbocycles. The van der Waals surface area contributed by atoms with E-state index in [9.17, 15) is 10.1 Å². The van der Waals surface area contributed by atoms with Gasteiger partial charge in [0.15, 0.2) is 0 Å². The number of nitrogens with one attached hydrogen (secondary N) is 1. The van der Waals surface area contributed by atoms with Crippen molar-refractivity contribution in [1.29, 1.82) is 5.26 Å². The van der Waals surface area contributed by atoms with Gasteiger partial charge in [-0.15, -0.1) is 11.3 Å². The largest absolute Gasteiger partial charge is 0.315 e. The summed E-state index contributed by atoms with van der Waals surface area (Å²) in [5.41, 5.74) is 3.85. The monoisotopic (exact) mass is 433 g/mol. The van der Waals surface area contributed by atoms with Gasteiger partial charge in [-0.1, -0.05) is 24.6 Å². The van der Waals surface area contributed by atoms with Crippen molar-refractivity contribution in [2.45, 2.75) is 51.6 Å². The van der Waals surface area contributed by atoms with Crippen molar-refractivity contribution >= 4 is 22.2 Å². The SMILES string of the molecule is CC(C(=O)Nc1sc2c(c1C#N)CCCCC2)N(C)Cc1cnn(-c2ccccc2)c1. The molecule has 0 bridgehead atoms. The molecule has 2 aromatic heterocycles. The molecule has 0 radical (unpaired) electrons. The first-order valence-corrected chi connectivity index (χ1v) is 11.5. The van der Waals surface area contributed by atoms with Gasteiger partial charge in [-0.2, -0.15) is 10.4 Å². The second kappa shape index (κ2) is 9.46. The normalized spacial score (nSPS) is 14.5. The molecule has 7 heteroatoms. The molecule has 0 fully saturated rings. The van der Waals surface area contributed by atoms with Crippen LogP contribution in [0.5, 0.6) is 0 Å². The maximum Gasteiger partial charge on any atom is 0.242 e. The molecule has 1 aliphatic carbocycles. The van der Waals surface area contributed by atoms with Crippen molar-refractivity contribution in [3.05, 3.63) is 64.3 Å². The number of para-hydroxylation sites is 1. The fraction of sp³-hybridized carbons (Fsp3) is 0.375. The van der Waals surface area contributed by atoms with Crippen LogP contribution in [0.4, 0.5) is 5.00 Å². The number of aromatic nitrogens is 2. The minimum absolute atomic E-state index is 0.0918. The van der Waals surface area contributed by atoms with Crippen LogP contribution < -0.4 is 5.32 Å². The quantitative estimate of drug-likeness (QED) is 0.580. The summed E-state index contributed by atoms with van der Waals surface area (Å²) in [6.45, 7) is 2.50. The van der Waals surface area contributed by atoms with Gasteiger partial charge in [0.1, 0.15) is 11.1 Å². The lowest BCUT2D eigenvalue weighted by molar-refractivity contribution is -0.120. The second-order valence-corrected chi connectivity index (χ2v) is 9.19. The highest BCUT2D eigenvalue weighted by atomic mass is 32.1. The fourth-order valence-corrected chi connectivity index (χ4v) is 5.20. The van der Waals surface area contributed by atoms with Crippen LogP contribution >= 0.6 is 11.3 Å². The predicted molar refractivity (Wildman–Crippen MR) is 123 cm³/mol. The Morgan fingerprint density at radius 1 is 1.29 bits per heavy atom. The molecule has 1 aromatic carbocycles. The number of fused-ring (bicyclic) bond motifs is 1. The first-order chi connectivity index (χ1) is 15.1. The second-order valence-electron chi connectivity index (χ2n) is 8.09. The molecule has 1 unspecified atom stereocenters. The summed E-state index contributed by atoms with van der Waals surface area (Å²) in [5.74, 6) is -0.0918. The number of nitriles is 1. The van der Waals surface area contributed by atoms with Crippen molar-refractivity contribution in [3.8, 4) is 11.8 Å². The Kier molecular flexibility index (Phi) is 6.50. The number of rotatable bonds is 6. The third kappa shape index (κ3) is 4.71. The van der Waals surface area contributed by atoms with Gasteiger partial charge < -0.3 is 5.32 Å². The van der Waals surface area contributed by atoms with E-state index in [4.69, 9.17) is 0 Å². The summed E-state index contributed by atoms with van der Waals surface area (Å²) in [4.78, 5) is 16.2. The van der Waals surface area contributed by atoms with E-state index in [0.717, 1.165) is 42.5 Å². The zero-order valence-corrected chi connectivity index (χ0v) is 18.8. The smallest absolute Gasteiger partial charge is 0.242 e. The highest BCUT2D eigenvalue weighted by molar-refractivity contribution is 7.16. The van der Waals surface area contributed by atoms with Gasteiger partial charge >= 0.3 is 0 Å². The topological polar surface area (TPSA) is 74.0 Å². The molecule has 1 amide bonds. The van der Waals surface area contributed by atoms with Crippen molar-refractivity contribution in [2.75, 3.05) is 12.4 Å². The first kappa shape index (κ1) is 21.3. The fourth-order valence-electron chi connectivity index (χ4n) is 3.95. The van der Waals surface area contributed by atoms with Gasteiger partial charge in [-0.3, -0.25) is 9.69 Å². The lowest BCUT2D eigenvalue weighted by atomic mass is 10.1. The number of amides is 1. The number of nitrogens with zero attached hydrogens (tertiary/aromatic N) is 4. The maximum atomic E-state index is 12.9. The molecule has 2 heterocycles. The lowest BCUT2D eigenvalue weighted by Crippen LogP contribution is -2.39. The maximum absolute atomic E-state index is 12.9. The molecule has 31 heavy (non-hydrogen) atoms. The molecule has 4 rings (SSSR count). The number of thiophene rings is 1. The Bertz CT molecular complexity index is 1100. The minimum Gasteiger partial charge on any atom is -0.315 e. The number of hydrogen-bond acceptors (Lipinski definition) is 5. The average molecular weight is 434 g/mol. The average Bonchev–Trinajstić information content (AvgIpc) is 3.30. The Labute approximate surface area is 187 Å². The zero-order valence-electron chi connectivity index (χ0n) is 18.0. The van der Waals surface area contributed by atoms with E-state index in [-0.39, 0.29) is 11.9 Å². The number of aryl methyl sites for hydroxylation is 1. The summed E-state index contributed by atoms with van der Waals surface area (Å²) < 4.78 is 1.84. The van der Waals surface area contributed by atoms with Gasteiger partial charge in [0.05, 0.1) is 23.5 Å². The van der Waals surface area contributed by atoms with E-state index in [2.05, 4.69) is 16.5 Å². The zero-order chi connectivity index (χ0) is 21.8. The van der Waals surface area contributed by atoms with Crippen molar-refractivity contribution in [1.82, 2.24) is 14.7 Å². The van der Waals surface area contributed by atoms with Crippen LogP contribution in [0.1, 0.15) is 47.8 Å². The van der Waals surface area contributed by atoms with Gasteiger partial charge in [0, 0.05) is 23.2 Å². The molecular formula is C24H27N5OS. The minimum atomic E-state index is -0.339. The number of hydrogen-bond donors (Lipinski definition) is 1. The van der Waals surface area contributed by atoms with E-state index in [1.54, 1.807) is 11.3 Å². The number of carbonyl (C=O) groups is 1. The van der Waals surface area contributed by atoms with E-state index in [1.807, 2.05) is 66.3 Å². The molecule has 1 atom stereocenters. The molecule has 0 aliphatic heterocycles. The lowest BCUT2D eigenvalue weighted by Gasteiger charge is -2.23. The predicted octanol–water partition coefficient (Wildman–Crippen LogP) is 4.53. The van der Waals surface area contributed by atoms with Crippen LogP contribution in [0.2, 0.25) is 0 Å². The molecule has 6 nitrogen and oxygen atoms in total. The Morgan fingerprint density at radius 3 is 2.84 bits per heavy atom. The number of carbonyl (C=O) groups excluding carboxylic acids is 1. The highest BCUT2D eigenvalue weighted by Crippen LogP contribution is 2.37. The third-order valence-corrected chi connectivity index (χ3v) is 7.11. The van der Waals surface area contributed by atoms with E-state index >= 15 is 0 Å². The van der Waals surface area contributed by atoms with Crippen LogP contribution in [0.3, 0.4) is 0 Å².